The summed E-state index contributed by atoms with van der Waals surface area (Å²) in [4.78, 5) is 12.4. The minimum Gasteiger partial charge on any atom is -0.326 e. The summed E-state index contributed by atoms with van der Waals surface area (Å²) in [5, 5.41) is 6.36. The molecule has 2 aromatic carbocycles. The average molecular weight is 347 g/mol. The van der Waals surface area contributed by atoms with Gasteiger partial charge in [-0.25, -0.2) is 0 Å². The molecule has 2 N–H and O–H groups in total. The van der Waals surface area contributed by atoms with E-state index in [-0.39, 0.29) is 24.2 Å². The van der Waals surface area contributed by atoms with Gasteiger partial charge in [0.25, 0.3) is 0 Å². The summed E-state index contributed by atoms with van der Waals surface area (Å²) < 4.78 is 0. The number of amides is 1. The Balaban J connectivity index is 0.00000288. The fraction of sp³-hybridized carbons (Fsp3) is 0.350. The summed E-state index contributed by atoms with van der Waals surface area (Å²) in [6.45, 7) is 7.94. The maximum atomic E-state index is 12.4. The minimum atomic E-state index is 0. The summed E-state index contributed by atoms with van der Waals surface area (Å²) in [6, 6.07) is 16.2. The highest BCUT2D eigenvalue weighted by molar-refractivity contribution is 5.92. The molecule has 1 amide bonds. The molecule has 24 heavy (non-hydrogen) atoms. The molecule has 0 fully saturated rings. The van der Waals surface area contributed by atoms with Crippen LogP contribution in [0.15, 0.2) is 48.5 Å². The third kappa shape index (κ3) is 5.66. The van der Waals surface area contributed by atoms with Crippen molar-refractivity contribution in [2.24, 2.45) is 0 Å². The molecular formula is C20H27ClN2O. The normalized spacial score (nSPS) is 11.5. The first-order valence-corrected chi connectivity index (χ1v) is 8.25. The van der Waals surface area contributed by atoms with Crippen molar-refractivity contribution in [2.45, 2.75) is 39.7 Å². The SMILES string of the molecule is CCNCc1ccccc1NC(=O)CC(C)c1ccccc1C.Cl. The topological polar surface area (TPSA) is 41.1 Å². The monoisotopic (exact) mass is 346 g/mol. The van der Waals surface area contributed by atoms with Crippen LogP contribution in [0.25, 0.3) is 0 Å². The molecule has 1 atom stereocenters. The largest absolute Gasteiger partial charge is 0.326 e. The first-order valence-electron chi connectivity index (χ1n) is 8.25. The zero-order chi connectivity index (χ0) is 16.7. The van der Waals surface area contributed by atoms with E-state index in [4.69, 9.17) is 0 Å². The third-order valence-electron chi connectivity index (χ3n) is 4.07. The number of anilines is 1. The Kier molecular flexibility index (Phi) is 8.51. The highest BCUT2D eigenvalue weighted by Gasteiger charge is 2.14. The van der Waals surface area contributed by atoms with Crippen molar-refractivity contribution in [1.82, 2.24) is 5.32 Å². The van der Waals surface area contributed by atoms with Gasteiger partial charge in [0, 0.05) is 18.7 Å². The van der Waals surface area contributed by atoms with Crippen LogP contribution in [0.5, 0.6) is 0 Å². The number of hydrogen-bond acceptors (Lipinski definition) is 2. The molecule has 0 heterocycles. The van der Waals surface area contributed by atoms with Crippen LogP contribution < -0.4 is 10.6 Å². The van der Waals surface area contributed by atoms with Gasteiger partial charge in [-0.15, -0.1) is 12.4 Å². The molecule has 0 aromatic heterocycles. The quantitative estimate of drug-likeness (QED) is 0.765. The van der Waals surface area contributed by atoms with E-state index in [0.29, 0.717) is 6.42 Å². The van der Waals surface area contributed by atoms with E-state index in [1.54, 1.807) is 0 Å². The fourth-order valence-corrected chi connectivity index (χ4v) is 2.79. The van der Waals surface area contributed by atoms with Crippen molar-refractivity contribution in [3.8, 4) is 0 Å². The van der Waals surface area contributed by atoms with Crippen molar-refractivity contribution in [2.75, 3.05) is 11.9 Å². The zero-order valence-electron chi connectivity index (χ0n) is 14.6. The second-order valence-electron chi connectivity index (χ2n) is 5.95. The molecule has 4 heteroatoms. The van der Waals surface area contributed by atoms with Crippen LogP contribution in [0.4, 0.5) is 5.69 Å². The second kappa shape index (κ2) is 10.1. The van der Waals surface area contributed by atoms with Crippen LogP contribution in [0.3, 0.4) is 0 Å². The third-order valence-corrected chi connectivity index (χ3v) is 4.07. The zero-order valence-corrected chi connectivity index (χ0v) is 15.5. The Labute approximate surface area is 151 Å². The van der Waals surface area contributed by atoms with Crippen molar-refractivity contribution in [3.05, 3.63) is 65.2 Å². The number of carbonyl (C=O) groups excluding carboxylic acids is 1. The Bertz CT molecular complexity index is 658. The summed E-state index contributed by atoms with van der Waals surface area (Å²) in [7, 11) is 0. The van der Waals surface area contributed by atoms with Gasteiger partial charge in [0.1, 0.15) is 0 Å². The summed E-state index contributed by atoms with van der Waals surface area (Å²) >= 11 is 0. The Morgan fingerprint density at radius 3 is 2.46 bits per heavy atom. The van der Waals surface area contributed by atoms with E-state index < -0.39 is 0 Å². The number of benzene rings is 2. The van der Waals surface area contributed by atoms with Crippen LogP contribution in [-0.2, 0) is 11.3 Å². The molecule has 2 aromatic rings. The Morgan fingerprint density at radius 1 is 1.08 bits per heavy atom. The van der Waals surface area contributed by atoms with Gasteiger partial charge in [-0.3, -0.25) is 4.79 Å². The fourth-order valence-electron chi connectivity index (χ4n) is 2.79. The summed E-state index contributed by atoms with van der Waals surface area (Å²) in [6.07, 6.45) is 0.487. The molecule has 2 rings (SSSR count). The van der Waals surface area contributed by atoms with E-state index in [1.165, 1.54) is 11.1 Å². The Morgan fingerprint density at radius 2 is 1.75 bits per heavy atom. The molecule has 0 saturated carbocycles. The van der Waals surface area contributed by atoms with Crippen LogP contribution in [-0.4, -0.2) is 12.5 Å². The van der Waals surface area contributed by atoms with Crippen molar-refractivity contribution < 1.29 is 4.79 Å². The molecule has 0 aliphatic carbocycles. The number of rotatable bonds is 7. The molecule has 0 aliphatic rings. The average Bonchev–Trinajstić information content (AvgIpc) is 2.54. The highest BCUT2D eigenvalue weighted by atomic mass is 35.5. The number of nitrogens with one attached hydrogen (secondary N) is 2. The minimum absolute atomic E-state index is 0. The van der Waals surface area contributed by atoms with Gasteiger partial charge in [-0.1, -0.05) is 56.3 Å². The highest BCUT2D eigenvalue weighted by Crippen LogP contribution is 2.23. The summed E-state index contributed by atoms with van der Waals surface area (Å²) in [5.41, 5.74) is 4.49. The first kappa shape index (κ1) is 20.2. The lowest BCUT2D eigenvalue weighted by atomic mass is 9.93. The summed E-state index contributed by atoms with van der Waals surface area (Å²) in [5.74, 6) is 0.266. The van der Waals surface area contributed by atoms with Gasteiger partial charge >= 0.3 is 0 Å². The van der Waals surface area contributed by atoms with Gasteiger partial charge in [-0.2, -0.15) is 0 Å². The first-order chi connectivity index (χ1) is 11.1. The van der Waals surface area contributed by atoms with Gasteiger partial charge in [0.15, 0.2) is 0 Å². The number of carbonyl (C=O) groups is 1. The standard InChI is InChI=1S/C20H26N2O.ClH/c1-4-21-14-17-10-6-8-12-19(17)22-20(23)13-16(3)18-11-7-5-9-15(18)2;/h5-12,16,21H,4,13-14H2,1-3H3,(H,22,23);1H. The molecule has 0 aliphatic heterocycles. The lowest BCUT2D eigenvalue weighted by Gasteiger charge is -2.16. The van der Waals surface area contributed by atoms with Crippen molar-refractivity contribution in [3.63, 3.8) is 0 Å². The molecule has 0 bridgehead atoms. The van der Waals surface area contributed by atoms with Gasteiger partial charge in [-0.05, 0) is 42.1 Å². The van der Waals surface area contributed by atoms with E-state index >= 15 is 0 Å². The van der Waals surface area contributed by atoms with Gasteiger partial charge in [0.2, 0.25) is 5.91 Å². The predicted octanol–water partition coefficient (Wildman–Crippen LogP) is 4.66. The maximum absolute atomic E-state index is 12.4. The van der Waals surface area contributed by atoms with Crippen LogP contribution in [0, 0.1) is 6.92 Å². The smallest absolute Gasteiger partial charge is 0.224 e. The van der Waals surface area contributed by atoms with Crippen molar-refractivity contribution >= 4 is 24.0 Å². The van der Waals surface area contributed by atoms with Crippen molar-refractivity contribution in [1.29, 1.82) is 0 Å². The maximum Gasteiger partial charge on any atom is 0.224 e. The Hall–Kier alpha value is -1.84. The molecule has 0 saturated heterocycles. The van der Waals surface area contributed by atoms with Gasteiger partial charge in [0.05, 0.1) is 0 Å². The number of hydrogen-bond donors (Lipinski definition) is 2. The van der Waals surface area contributed by atoms with E-state index in [0.717, 1.165) is 24.3 Å². The van der Waals surface area contributed by atoms with Gasteiger partial charge < -0.3 is 10.6 Å². The predicted molar refractivity (Wildman–Crippen MR) is 104 cm³/mol. The van der Waals surface area contributed by atoms with Crippen LogP contribution in [0.1, 0.15) is 42.9 Å². The lowest BCUT2D eigenvalue weighted by Crippen LogP contribution is -2.18. The molecule has 0 spiro atoms. The van der Waals surface area contributed by atoms with Crippen LogP contribution in [0.2, 0.25) is 0 Å². The second-order valence-corrected chi connectivity index (χ2v) is 5.95. The van der Waals surface area contributed by atoms with Crippen LogP contribution >= 0.6 is 12.4 Å². The number of halogens is 1. The van der Waals surface area contributed by atoms with E-state index in [9.17, 15) is 4.79 Å². The van der Waals surface area contributed by atoms with E-state index in [2.05, 4.69) is 43.5 Å². The molecule has 3 nitrogen and oxygen atoms in total. The lowest BCUT2D eigenvalue weighted by molar-refractivity contribution is -0.116. The number of aryl methyl sites for hydroxylation is 1. The molecule has 1 unspecified atom stereocenters. The van der Waals surface area contributed by atoms with E-state index in [1.807, 2.05) is 36.4 Å². The molecular weight excluding hydrogens is 320 g/mol. The number of para-hydroxylation sites is 1. The molecule has 0 radical (unpaired) electrons. The molecule has 130 valence electrons.